The van der Waals surface area contributed by atoms with Crippen LogP contribution >= 0.6 is 15.9 Å². The predicted octanol–water partition coefficient (Wildman–Crippen LogP) is 2.37. The van der Waals surface area contributed by atoms with Crippen LogP contribution in [0.3, 0.4) is 0 Å². The molecule has 1 rings (SSSR count). The van der Waals surface area contributed by atoms with Gasteiger partial charge in [-0.1, -0.05) is 22.0 Å². The van der Waals surface area contributed by atoms with E-state index in [2.05, 4.69) is 20.1 Å². The summed E-state index contributed by atoms with van der Waals surface area (Å²) in [6, 6.07) is 3.25. The summed E-state index contributed by atoms with van der Waals surface area (Å²) in [5.41, 5.74) is 0.658. The lowest BCUT2D eigenvalue weighted by Gasteiger charge is -2.07. The van der Waals surface area contributed by atoms with Gasteiger partial charge in [0.25, 0.3) is 10.1 Å². The molecule has 0 unspecified atom stereocenters. The van der Waals surface area contributed by atoms with Crippen molar-refractivity contribution in [3.8, 4) is 0 Å². The minimum atomic E-state index is -3.56. The second-order valence-corrected chi connectivity index (χ2v) is 5.62. The molecule has 0 saturated carbocycles. The molecule has 0 heterocycles. The van der Waals surface area contributed by atoms with Gasteiger partial charge in [0.05, 0.1) is 12.9 Å². The van der Waals surface area contributed by atoms with Crippen molar-refractivity contribution in [1.29, 1.82) is 0 Å². The van der Waals surface area contributed by atoms with E-state index in [1.165, 1.54) is 0 Å². The first-order chi connectivity index (χ1) is 6.81. The van der Waals surface area contributed by atoms with Crippen molar-refractivity contribution in [1.82, 2.24) is 0 Å². The zero-order valence-electron chi connectivity index (χ0n) is 8.25. The summed E-state index contributed by atoms with van der Waals surface area (Å²) >= 11 is 3.13. The molecular formula is C9H10BrFO3S. The van der Waals surface area contributed by atoms with E-state index >= 15 is 0 Å². The molecule has 0 fully saturated rings. The largest absolute Gasteiger partial charge is 0.265 e. The molecule has 0 amide bonds. The third-order valence-electron chi connectivity index (χ3n) is 1.80. The van der Waals surface area contributed by atoms with Crippen molar-refractivity contribution < 1.29 is 17.0 Å². The second kappa shape index (κ2) is 4.59. The molecule has 3 nitrogen and oxygen atoms in total. The Balaban J connectivity index is 2.99. The minimum Gasteiger partial charge on any atom is -0.265 e. The van der Waals surface area contributed by atoms with E-state index in [4.69, 9.17) is 0 Å². The van der Waals surface area contributed by atoms with Gasteiger partial charge < -0.3 is 0 Å². The summed E-state index contributed by atoms with van der Waals surface area (Å²) < 4.78 is 40.1. The molecule has 0 saturated heterocycles. The quantitative estimate of drug-likeness (QED) is 0.805. The van der Waals surface area contributed by atoms with Gasteiger partial charge in [-0.15, -0.1) is 0 Å². The number of rotatable bonds is 3. The van der Waals surface area contributed by atoms with Crippen molar-refractivity contribution in [2.45, 2.75) is 13.5 Å². The first kappa shape index (κ1) is 12.6. The Morgan fingerprint density at radius 1 is 1.47 bits per heavy atom. The minimum absolute atomic E-state index is 0.209. The molecule has 84 valence electrons. The maximum atomic E-state index is 13.5. The Labute approximate surface area is 96.5 Å². The normalized spacial score (nSPS) is 11.7. The highest BCUT2D eigenvalue weighted by atomic mass is 79.9. The van der Waals surface area contributed by atoms with Crippen molar-refractivity contribution in [2.24, 2.45) is 0 Å². The van der Waals surface area contributed by atoms with Gasteiger partial charge in [-0.25, -0.2) is 4.39 Å². The number of benzene rings is 1. The van der Waals surface area contributed by atoms with Crippen molar-refractivity contribution in [2.75, 3.05) is 6.26 Å². The number of aryl methyl sites for hydroxylation is 1. The Morgan fingerprint density at radius 2 is 2.07 bits per heavy atom. The lowest BCUT2D eigenvalue weighted by atomic mass is 10.1. The van der Waals surface area contributed by atoms with Crippen LogP contribution in [0, 0.1) is 12.7 Å². The van der Waals surface area contributed by atoms with E-state index < -0.39 is 15.9 Å². The summed E-state index contributed by atoms with van der Waals surface area (Å²) in [5, 5.41) is 0. The molecule has 6 heteroatoms. The van der Waals surface area contributed by atoms with Crippen molar-refractivity contribution >= 4 is 26.0 Å². The molecule has 0 aliphatic carbocycles. The molecular weight excluding hydrogens is 287 g/mol. The first-order valence-electron chi connectivity index (χ1n) is 4.09. The predicted molar refractivity (Wildman–Crippen MR) is 58.5 cm³/mol. The van der Waals surface area contributed by atoms with Gasteiger partial charge in [-0.3, -0.25) is 4.18 Å². The van der Waals surface area contributed by atoms with E-state index in [9.17, 15) is 12.8 Å². The highest BCUT2D eigenvalue weighted by Crippen LogP contribution is 2.23. The lowest BCUT2D eigenvalue weighted by Crippen LogP contribution is -2.05. The van der Waals surface area contributed by atoms with Crippen LogP contribution in [-0.4, -0.2) is 14.7 Å². The summed E-state index contributed by atoms with van der Waals surface area (Å²) in [6.07, 6.45) is 0.925. The van der Waals surface area contributed by atoms with Crippen molar-refractivity contribution in [3.05, 3.63) is 33.5 Å². The van der Waals surface area contributed by atoms with Crippen LogP contribution in [0.15, 0.2) is 16.6 Å². The highest BCUT2D eigenvalue weighted by molar-refractivity contribution is 9.10. The van der Waals surface area contributed by atoms with Crippen LogP contribution in [-0.2, 0) is 20.9 Å². The van der Waals surface area contributed by atoms with Gasteiger partial charge in [0.1, 0.15) is 5.82 Å². The maximum Gasteiger partial charge on any atom is 0.264 e. The SMILES string of the molecule is Cc1ccc(Br)c(COS(C)(=O)=O)c1F. The summed E-state index contributed by atoms with van der Waals surface area (Å²) in [5.74, 6) is -0.451. The standard InChI is InChI=1S/C9H10BrFO3S/c1-6-3-4-8(10)7(9(6)11)5-14-15(2,12)13/h3-4H,5H2,1-2H3. The van der Waals surface area contributed by atoms with Crippen LogP contribution in [0.25, 0.3) is 0 Å². The van der Waals surface area contributed by atoms with Crippen LogP contribution in [0.5, 0.6) is 0 Å². The zero-order valence-corrected chi connectivity index (χ0v) is 10.7. The fourth-order valence-electron chi connectivity index (χ4n) is 1.01. The topological polar surface area (TPSA) is 43.4 Å². The molecule has 0 atom stereocenters. The number of hydrogen-bond acceptors (Lipinski definition) is 3. The average molecular weight is 297 g/mol. The molecule has 0 bridgehead atoms. The van der Waals surface area contributed by atoms with Gasteiger partial charge in [-0.2, -0.15) is 8.42 Å². The molecule has 0 radical (unpaired) electrons. The Bertz CT molecular complexity index is 470. The van der Waals surface area contributed by atoms with Crippen molar-refractivity contribution in [3.63, 3.8) is 0 Å². The zero-order chi connectivity index (χ0) is 11.6. The van der Waals surface area contributed by atoms with Gasteiger partial charge in [0.2, 0.25) is 0 Å². The highest BCUT2D eigenvalue weighted by Gasteiger charge is 2.12. The molecule has 0 N–H and O–H groups in total. The number of halogens is 2. The van der Waals surface area contributed by atoms with Crippen LogP contribution in [0.2, 0.25) is 0 Å². The van der Waals surface area contributed by atoms with E-state index in [1.807, 2.05) is 0 Å². The lowest BCUT2D eigenvalue weighted by molar-refractivity contribution is 0.304. The van der Waals surface area contributed by atoms with Gasteiger partial charge in [0.15, 0.2) is 0 Å². The Morgan fingerprint density at radius 3 is 2.60 bits per heavy atom. The third kappa shape index (κ3) is 3.55. The number of hydrogen-bond donors (Lipinski definition) is 0. The molecule has 0 spiro atoms. The van der Waals surface area contributed by atoms with Gasteiger partial charge in [0, 0.05) is 10.0 Å². The van der Waals surface area contributed by atoms with Crippen LogP contribution < -0.4 is 0 Å². The monoisotopic (exact) mass is 296 g/mol. The van der Waals surface area contributed by atoms with Crippen LogP contribution in [0.1, 0.15) is 11.1 Å². The summed E-state index contributed by atoms with van der Waals surface area (Å²) in [7, 11) is -3.56. The first-order valence-corrected chi connectivity index (χ1v) is 6.70. The molecule has 15 heavy (non-hydrogen) atoms. The van der Waals surface area contributed by atoms with Gasteiger partial charge in [-0.05, 0) is 18.6 Å². The van der Waals surface area contributed by atoms with E-state index in [0.717, 1.165) is 6.26 Å². The maximum absolute atomic E-state index is 13.5. The third-order valence-corrected chi connectivity index (χ3v) is 3.09. The molecule has 0 aliphatic rings. The smallest absolute Gasteiger partial charge is 0.264 e. The molecule has 1 aromatic rings. The van der Waals surface area contributed by atoms with E-state index in [-0.39, 0.29) is 12.2 Å². The summed E-state index contributed by atoms with van der Waals surface area (Å²) in [4.78, 5) is 0. The molecule has 1 aromatic carbocycles. The van der Waals surface area contributed by atoms with E-state index in [1.54, 1.807) is 19.1 Å². The van der Waals surface area contributed by atoms with E-state index in [0.29, 0.717) is 10.0 Å². The Hall–Kier alpha value is -0.460. The summed E-state index contributed by atoms with van der Waals surface area (Å²) in [6.45, 7) is 1.30. The fraction of sp³-hybridized carbons (Fsp3) is 0.333. The van der Waals surface area contributed by atoms with Gasteiger partial charge >= 0.3 is 0 Å². The molecule has 0 aromatic heterocycles. The second-order valence-electron chi connectivity index (χ2n) is 3.12. The molecule has 0 aliphatic heterocycles. The average Bonchev–Trinajstić information content (AvgIpc) is 2.10. The van der Waals surface area contributed by atoms with Crippen LogP contribution in [0.4, 0.5) is 4.39 Å². The fourth-order valence-corrected chi connectivity index (χ4v) is 1.77. The Kier molecular flexibility index (Phi) is 3.86.